The molecule has 1 amide bonds. The second kappa shape index (κ2) is 8.40. The van der Waals surface area contributed by atoms with Gasteiger partial charge in [0.2, 0.25) is 15.9 Å². The maximum absolute atomic E-state index is 12.9. The number of hydrogen-bond acceptors (Lipinski definition) is 4. The number of nitrogens with one attached hydrogen (secondary N) is 1. The molecule has 0 fully saturated rings. The van der Waals surface area contributed by atoms with Crippen LogP contribution in [0.15, 0.2) is 42.5 Å². The zero-order valence-corrected chi connectivity index (χ0v) is 19.0. The second-order valence-corrected chi connectivity index (χ2v) is 10.7. The van der Waals surface area contributed by atoms with Crippen LogP contribution in [0.25, 0.3) is 0 Å². The fourth-order valence-electron chi connectivity index (χ4n) is 3.69. The summed E-state index contributed by atoms with van der Waals surface area (Å²) in [5.41, 5.74) is 3.50. The van der Waals surface area contributed by atoms with Gasteiger partial charge in [0.1, 0.15) is 11.4 Å². The van der Waals surface area contributed by atoms with Crippen LogP contribution in [0.5, 0.6) is 5.75 Å². The van der Waals surface area contributed by atoms with E-state index in [1.165, 1.54) is 4.31 Å². The van der Waals surface area contributed by atoms with Crippen LogP contribution in [0.2, 0.25) is 0 Å². The summed E-state index contributed by atoms with van der Waals surface area (Å²) in [4.78, 5) is 12.9. The number of fused-ring (bicyclic) bond motifs is 1. The Morgan fingerprint density at radius 3 is 2.40 bits per heavy atom. The zero-order chi connectivity index (χ0) is 22.1. The van der Waals surface area contributed by atoms with Gasteiger partial charge in [-0.3, -0.25) is 4.79 Å². The van der Waals surface area contributed by atoms with E-state index in [0.717, 1.165) is 34.3 Å². The lowest BCUT2D eigenvalue weighted by molar-refractivity contribution is -0.122. The number of aryl methyl sites for hydroxylation is 2. The number of benzene rings is 2. The highest BCUT2D eigenvalue weighted by Crippen LogP contribution is 2.39. The molecule has 2 aromatic rings. The van der Waals surface area contributed by atoms with Gasteiger partial charge in [-0.25, -0.2) is 8.42 Å². The Bertz CT molecular complexity index is 1030. The molecule has 0 aliphatic carbocycles. The molecule has 2 aromatic carbocycles. The molecule has 0 unspecified atom stereocenters. The molecule has 162 valence electrons. The third-order valence-corrected chi connectivity index (χ3v) is 6.42. The van der Waals surface area contributed by atoms with Crippen LogP contribution in [0.4, 0.5) is 0 Å². The minimum absolute atomic E-state index is 0.154. The molecule has 0 aromatic heterocycles. The van der Waals surface area contributed by atoms with Crippen molar-refractivity contribution in [3.8, 4) is 5.75 Å². The first-order valence-electron chi connectivity index (χ1n) is 10.0. The van der Waals surface area contributed by atoms with Gasteiger partial charge in [0.05, 0.1) is 18.8 Å². The van der Waals surface area contributed by atoms with Crippen LogP contribution >= 0.6 is 0 Å². The predicted molar refractivity (Wildman–Crippen MR) is 118 cm³/mol. The molecule has 1 N–H and O–H groups in total. The maximum Gasteiger partial charge on any atom is 0.235 e. The fourth-order valence-corrected chi connectivity index (χ4v) is 4.43. The highest BCUT2D eigenvalue weighted by atomic mass is 32.2. The maximum atomic E-state index is 12.9. The average molecular weight is 431 g/mol. The minimum Gasteiger partial charge on any atom is -0.487 e. The minimum atomic E-state index is -3.55. The summed E-state index contributed by atoms with van der Waals surface area (Å²) < 4.78 is 31.9. The standard InChI is InChI=1S/C23H30N2O4S/c1-16-6-9-18(10-7-16)14-25(30(5,27)28)15-22(26)24-20-13-23(3,4)29-21-11-8-17(2)12-19(20)21/h6-12,20H,13-15H2,1-5H3,(H,24,26)/t20-/m1/s1. The molecule has 0 spiro atoms. The monoisotopic (exact) mass is 430 g/mol. The lowest BCUT2D eigenvalue weighted by Gasteiger charge is -2.38. The molecular formula is C23H30N2O4S. The van der Waals surface area contributed by atoms with E-state index >= 15 is 0 Å². The van der Waals surface area contributed by atoms with Gasteiger partial charge in [-0.15, -0.1) is 0 Å². The molecule has 3 rings (SSSR count). The molecule has 0 radical (unpaired) electrons. The summed E-state index contributed by atoms with van der Waals surface area (Å²) >= 11 is 0. The Morgan fingerprint density at radius 1 is 1.13 bits per heavy atom. The molecule has 1 heterocycles. The smallest absolute Gasteiger partial charge is 0.235 e. The van der Waals surface area contributed by atoms with E-state index in [9.17, 15) is 13.2 Å². The summed E-state index contributed by atoms with van der Waals surface area (Å²) in [5.74, 6) is 0.421. The van der Waals surface area contributed by atoms with Crippen molar-refractivity contribution in [2.24, 2.45) is 0 Å². The molecule has 1 aliphatic heterocycles. The van der Waals surface area contributed by atoms with Crippen molar-refractivity contribution < 1.29 is 17.9 Å². The largest absolute Gasteiger partial charge is 0.487 e. The Labute approximate surface area is 179 Å². The number of hydrogen-bond donors (Lipinski definition) is 1. The molecule has 0 bridgehead atoms. The molecule has 6 nitrogen and oxygen atoms in total. The third kappa shape index (κ3) is 5.61. The first kappa shape index (κ1) is 22.3. The average Bonchev–Trinajstić information content (AvgIpc) is 2.62. The van der Waals surface area contributed by atoms with Crippen LogP contribution in [-0.4, -0.2) is 37.0 Å². The molecule has 1 aliphatic rings. The third-order valence-electron chi connectivity index (χ3n) is 5.23. The molecule has 0 saturated carbocycles. The van der Waals surface area contributed by atoms with Gasteiger partial charge in [-0.05, 0) is 39.3 Å². The highest BCUT2D eigenvalue weighted by molar-refractivity contribution is 7.88. The molecule has 0 saturated heterocycles. The van der Waals surface area contributed by atoms with Gasteiger partial charge in [0.15, 0.2) is 0 Å². The van der Waals surface area contributed by atoms with Gasteiger partial charge < -0.3 is 10.1 Å². The van der Waals surface area contributed by atoms with Crippen LogP contribution < -0.4 is 10.1 Å². The predicted octanol–water partition coefficient (Wildman–Crippen LogP) is 3.48. The molecule has 30 heavy (non-hydrogen) atoms. The molecular weight excluding hydrogens is 400 g/mol. The highest BCUT2D eigenvalue weighted by Gasteiger charge is 2.35. The van der Waals surface area contributed by atoms with E-state index in [1.54, 1.807) is 0 Å². The summed E-state index contributed by atoms with van der Waals surface area (Å²) in [5, 5.41) is 3.03. The van der Waals surface area contributed by atoms with Gasteiger partial charge in [-0.2, -0.15) is 4.31 Å². The van der Waals surface area contributed by atoms with E-state index in [1.807, 2.05) is 70.2 Å². The Hall–Kier alpha value is -2.38. The number of ether oxygens (including phenoxy) is 1. The van der Waals surface area contributed by atoms with Crippen LogP contribution in [-0.2, 0) is 21.4 Å². The van der Waals surface area contributed by atoms with Crippen LogP contribution in [0.1, 0.15) is 48.6 Å². The summed E-state index contributed by atoms with van der Waals surface area (Å²) in [6.07, 6.45) is 1.73. The van der Waals surface area contributed by atoms with Gasteiger partial charge >= 0.3 is 0 Å². The van der Waals surface area contributed by atoms with Crippen LogP contribution in [0.3, 0.4) is 0 Å². The second-order valence-electron chi connectivity index (χ2n) is 8.74. The lowest BCUT2D eigenvalue weighted by atomic mass is 9.89. The number of sulfonamides is 1. The van der Waals surface area contributed by atoms with Gasteiger partial charge in [-0.1, -0.05) is 47.5 Å². The molecule has 1 atom stereocenters. The normalized spacial score (nSPS) is 17.9. The van der Waals surface area contributed by atoms with Crippen molar-refractivity contribution in [1.82, 2.24) is 9.62 Å². The quantitative estimate of drug-likeness (QED) is 0.761. The van der Waals surface area contributed by atoms with Crippen molar-refractivity contribution in [2.75, 3.05) is 12.8 Å². The van der Waals surface area contributed by atoms with E-state index in [-0.39, 0.29) is 25.0 Å². The molecule has 7 heteroatoms. The first-order chi connectivity index (χ1) is 13.9. The van der Waals surface area contributed by atoms with Crippen molar-refractivity contribution in [1.29, 1.82) is 0 Å². The number of nitrogens with zero attached hydrogens (tertiary/aromatic N) is 1. The van der Waals surface area contributed by atoms with E-state index < -0.39 is 15.6 Å². The van der Waals surface area contributed by atoms with Crippen molar-refractivity contribution in [2.45, 2.75) is 52.3 Å². The fraction of sp³-hybridized carbons (Fsp3) is 0.435. The topological polar surface area (TPSA) is 75.7 Å². The Morgan fingerprint density at radius 2 is 1.77 bits per heavy atom. The Balaban J connectivity index is 1.77. The van der Waals surface area contributed by atoms with Gasteiger partial charge in [0, 0.05) is 18.5 Å². The van der Waals surface area contributed by atoms with Crippen molar-refractivity contribution >= 4 is 15.9 Å². The summed E-state index contributed by atoms with van der Waals surface area (Å²) in [6.45, 7) is 7.85. The Kier molecular flexibility index (Phi) is 6.24. The van der Waals surface area contributed by atoms with E-state index in [0.29, 0.717) is 6.42 Å². The number of amides is 1. The lowest BCUT2D eigenvalue weighted by Crippen LogP contribution is -2.45. The van der Waals surface area contributed by atoms with Crippen molar-refractivity contribution in [3.05, 3.63) is 64.7 Å². The number of carbonyl (C=O) groups is 1. The summed E-state index contributed by atoms with van der Waals surface area (Å²) in [6, 6.07) is 13.3. The van der Waals surface area contributed by atoms with E-state index in [2.05, 4.69) is 5.32 Å². The zero-order valence-electron chi connectivity index (χ0n) is 18.2. The number of carbonyl (C=O) groups excluding carboxylic acids is 1. The number of rotatable bonds is 6. The van der Waals surface area contributed by atoms with Crippen LogP contribution in [0, 0.1) is 13.8 Å². The summed E-state index contributed by atoms with van der Waals surface area (Å²) in [7, 11) is -3.55. The van der Waals surface area contributed by atoms with Crippen molar-refractivity contribution in [3.63, 3.8) is 0 Å². The van der Waals surface area contributed by atoms with E-state index in [4.69, 9.17) is 4.74 Å². The SMILES string of the molecule is Cc1ccc(CN(CC(=O)N[C@@H]2CC(C)(C)Oc3ccc(C)cc32)S(C)(=O)=O)cc1. The first-order valence-corrected chi connectivity index (χ1v) is 11.9. The van der Waals surface area contributed by atoms with Gasteiger partial charge in [0.25, 0.3) is 0 Å².